The Morgan fingerprint density at radius 3 is 3.00 bits per heavy atom. The van der Waals surface area contributed by atoms with Crippen LogP contribution in [0.15, 0.2) is 18.5 Å². The van der Waals surface area contributed by atoms with Crippen LogP contribution in [0.1, 0.15) is 11.6 Å². The molecule has 5 heteroatoms. The molecule has 1 unspecified atom stereocenters. The first-order valence-corrected chi connectivity index (χ1v) is 5.23. The Balaban J connectivity index is 2.78. The maximum atomic E-state index is 12.8. The molecule has 1 aromatic heterocycles. The molecular formula is C8H12FN3S. The first kappa shape index (κ1) is 10.4. The van der Waals surface area contributed by atoms with E-state index in [9.17, 15) is 4.39 Å². The summed E-state index contributed by atoms with van der Waals surface area (Å²) in [5.74, 6) is 5.79. The van der Waals surface area contributed by atoms with Crippen molar-refractivity contribution < 1.29 is 4.39 Å². The monoisotopic (exact) mass is 201 g/mol. The lowest BCUT2D eigenvalue weighted by Crippen LogP contribution is -2.29. The molecule has 3 nitrogen and oxygen atoms in total. The van der Waals surface area contributed by atoms with E-state index in [0.717, 1.165) is 11.3 Å². The number of rotatable bonds is 4. The highest BCUT2D eigenvalue weighted by Crippen LogP contribution is 2.15. The molecule has 0 saturated carbocycles. The average molecular weight is 201 g/mol. The number of halogens is 1. The minimum absolute atomic E-state index is 0.0433. The Hall–Kier alpha value is -0.650. The Morgan fingerprint density at radius 1 is 1.69 bits per heavy atom. The van der Waals surface area contributed by atoms with Crippen LogP contribution in [0.5, 0.6) is 0 Å². The smallest absolute Gasteiger partial charge is 0.141 e. The molecule has 0 saturated heterocycles. The topological polar surface area (TPSA) is 50.9 Å². The number of hydrazine groups is 1. The van der Waals surface area contributed by atoms with Crippen LogP contribution in [0.3, 0.4) is 0 Å². The summed E-state index contributed by atoms with van der Waals surface area (Å²) in [6.07, 6.45) is 4.76. The minimum Gasteiger partial charge on any atom is -0.271 e. The second kappa shape index (κ2) is 5.16. The highest BCUT2D eigenvalue weighted by atomic mass is 32.2. The molecule has 1 heterocycles. The van der Waals surface area contributed by atoms with Crippen molar-refractivity contribution in [2.75, 3.05) is 12.0 Å². The van der Waals surface area contributed by atoms with Gasteiger partial charge in [0.05, 0.1) is 12.2 Å². The molecule has 0 radical (unpaired) electrons. The van der Waals surface area contributed by atoms with Gasteiger partial charge in [0.1, 0.15) is 5.82 Å². The van der Waals surface area contributed by atoms with Crippen molar-refractivity contribution in [3.05, 3.63) is 29.8 Å². The van der Waals surface area contributed by atoms with E-state index >= 15 is 0 Å². The summed E-state index contributed by atoms with van der Waals surface area (Å²) in [6.45, 7) is 0. The van der Waals surface area contributed by atoms with Gasteiger partial charge in [-0.25, -0.2) is 4.39 Å². The third-order valence-corrected chi connectivity index (χ3v) is 2.33. The number of nitrogens with zero attached hydrogens (tertiary/aromatic N) is 1. The maximum absolute atomic E-state index is 12.8. The van der Waals surface area contributed by atoms with Gasteiger partial charge >= 0.3 is 0 Å². The predicted molar refractivity (Wildman–Crippen MR) is 52.6 cm³/mol. The van der Waals surface area contributed by atoms with Gasteiger partial charge in [0.25, 0.3) is 0 Å². The van der Waals surface area contributed by atoms with E-state index in [-0.39, 0.29) is 11.9 Å². The van der Waals surface area contributed by atoms with E-state index in [1.165, 1.54) is 12.3 Å². The minimum atomic E-state index is -0.334. The van der Waals surface area contributed by atoms with Crippen LogP contribution in [0.2, 0.25) is 0 Å². The number of thioether (sulfide) groups is 1. The van der Waals surface area contributed by atoms with Crippen molar-refractivity contribution in [2.45, 2.75) is 6.04 Å². The third-order valence-electron chi connectivity index (χ3n) is 1.66. The molecule has 0 aliphatic carbocycles. The highest BCUT2D eigenvalue weighted by molar-refractivity contribution is 7.98. The second-order valence-corrected chi connectivity index (χ2v) is 3.52. The quantitative estimate of drug-likeness (QED) is 0.565. The predicted octanol–water partition coefficient (Wildman–Crippen LogP) is 1.09. The van der Waals surface area contributed by atoms with E-state index < -0.39 is 0 Å². The van der Waals surface area contributed by atoms with E-state index in [4.69, 9.17) is 5.84 Å². The summed E-state index contributed by atoms with van der Waals surface area (Å²) in [4.78, 5) is 3.76. The van der Waals surface area contributed by atoms with Crippen molar-refractivity contribution in [2.24, 2.45) is 5.84 Å². The van der Waals surface area contributed by atoms with E-state index in [1.807, 2.05) is 6.26 Å². The van der Waals surface area contributed by atoms with E-state index in [0.29, 0.717) is 0 Å². The number of pyridine rings is 1. The molecule has 0 bridgehead atoms. The van der Waals surface area contributed by atoms with E-state index in [1.54, 1.807) is 18.0 Å². The summed E-state index contributed by atoms with van der Waals surface area (Å²) in [6, 6.07) is 1.39. The highest BCUT2D eigenvalue weighted by Gasteiger charge is 2.09. The zero-order chi connectivity index (χ0) is 9.68. The van der Waals surface area contributed by atoms with Crippen molar-refractivity contribution >= 4 is 11.8 Å². The van der Waals surface area contributed by atoms with Crippen molar-refractivity contribution in [1.29, 1.82) is 0 Å². The van der Waals surface area contributed by atoms with Gasteiger partial charge in [-0.05, 0) is 17.9 Å². The lowest BCUT2D eigenvalue weighted by atomic mass is 10.1. The van der Waals surface area contributed by atoms with Gasteiger partial charge in [-0.3, -0.25) is 16.3 Å². The summed E-state index contributed by atoms with van der Waals surface area (Å²) in [5, 5.41) is 0. The molecule has 1 atom stereocenters. The zero-order valence-electron chi connectivity index (χ0n) is 7.33. The summed E-state index contributed by atoms with van der Waals surface area (Å²) < 4.78 is 12.8. The zero-order valence-corrected chi connectivity index (χ0v) is 8.14. The van der Waals surface area contributed by atoms with E-state index in [2.05, 4.69) is 10.4 Å². The fourth-order valence-corrected chi connectivity index (χ4v) is 1.65. The number of nitrogens with two attached hydrogens (primary N) is 1. The largest absolute Gasteiger partial charge is 0.271 e. The summed E-state index contributed by atoms with van der Waals surface area (Å²) in [7, 11) is 0. The van der Waals surface area contributed by atoms with Gasteiger partial charge in [-0.1, -0.05) is 0 Å². The van der Waals surface area contributed by atoms with Crippen LogP contribution < -0.4 is 11.3 Å². The Morgan fingerprint density at radius 2 is 2.46 bits per heavy atom. The first-order chi connectivity index (χ1) is 6.27. The van der Waals surface area contributed by atoms with Gasteiger partial charge in [0.2, 0.25) is 0 Å². The fourth-order valence-electron chi connectivity index (χ4n) is 1.03. The van der Waals surface area contributed by atoms with Crippen molar-refractivity contribution in [3.8, 4) is 0 Å². The van der Waals surface area contributed by atoms with Gasteiger partial charge in [-0.15, -0.1) is 0 Å². The van der Waals surface area contributed by atoms with Crippen LogP contribution in [-0.4, -0.2) is 17.0 Å². The second-order valence-electron chi connectivity index (χ2n) is 2.61. The van der Waals surface area contributed by atoms with Crippen LogP contribution >= 0.6 is 11.8 Å². The molecule has 0 fully saturated rings. The first-order valence-electron chi connectivity index (χ1n) is 3.83. The number of hydrogen-bond donors (Lipinski definition) is 2. The SMILES string of the molecule is CSCC(NN)c1cncc(F)c1. The molecule has 1 rings (SSSR count). The van der Waals surface area contributed by atoms with Crippen LogP contribution in [-0.2, 0) is 0 Å². The molecule has 3 N–H and O–H groups in total. The van der Waals surface area contributed by atoms with Gasteiger partial charge in [0, 0.05) is 11.9 Å². The molecule has 0 aliphatic rings. The standard InChI is InChI=1S/C8H12FN3S/c1-13-5-8(12-10)6-2-7(9)4-11-3-6/h2-4,8,12H,5,10H2,1H3. The molecule has 0 aromatic carbocycles. The molecule has 0 spiro atoms. The Kier molecular flexibility index (Phi) is 4.14. The normalized spacial score (nSPS) is 12.8. The van der Waals surface area contributed by atoms with Gasteiger partial charge in [0.15, 0.2) is 0 Å². The van der Waals surface area contributed by atoms with Crippen LogP contribution in [0.25, 0.3) is 0 Å². The third kappa shape index (κ3) is 2.95. The molecule has 0 aliphatic heterocycles. The fraction of sp³-hybridized carbons (Fsp3) is 0.375. The van der Waals surface area contributed by atoms with Gasteiger partial charge in [-0.2, -0.15) is 11.8 Å². The Bertz CT molecular complexity index is 269. The van der Waals surface area contributed by atoms with Crippen molar-refractivity contribution in [3.63, 3.8) is 0 Å². The molecule has 72 valence electrons. The number of nitrogens with one attached hydrogen (secondary N) is 1. The molecular weight excluding hydrogens is 189 g/mol. The van der Waals surface area contributed by atoms with Crippen molar-refractivity contribution in [1.82, 2.24) is 10.4 Å². The average Bonchev–Trinajstić information content (AvgIpc) is 2.14. The number of hydrogen-bond acceptors (Lipinski definition) is 4. The summed E-state index contributed by atoms with van der Waals surface area (Å²) >= 11 is 1.64. The number of aromatic nitrogens is 1. The molecule has 1 aromatic rings. The lowest BCUT2D eigenvalue weighted by Gasteiger charge is -2.13. The maximum Gasteiger partial charge on any atom is 0.141 e. The molecule has 0 amide bonds. The van der Waals surface area contributed by atoms with Gasteiger partial charge < -0.3 is 0 Å². The lowest BCUT2D eigenvalue weighted by molar-refractivity contribution is 0.585. The molecule has 13 heavy (non-hydrogen) atoms. The van der Waals surface area contributed by atoms with Crippen LogP contribution in [0, 0.1) is 5.82 Å². The summed E-state index contributed by atoms with van der Waals surface area (Å²) in [5.41, 5.74) is 3.39. The van der Waals surface area contributed by atoms with Crippen LogP contribution in [0.4, 0.5) is 4.39 Å². The Labute approximate surface area is 80.9 Å².